The summed E-state index contributed by atoms with van der Waals surface area (Å²) >= 11 is 0. The molecule has 7 nitrogen and oxygen atoms in total. The van der Waals surface area contributed by atoms with Gasteiger partial charge in [0.05, 0.1) is 34.7 Å². The number of fused-ring (bicyclic) bond motifs is 1. The molecule has 2 aromatic carbocycles. The zero-order valence-electron chi connectivity index (χ0n) is 17.4. The van der Waals surface area contributed by atoms with Crippen molar-refractivity contribution in [3.8, 4) is 28.6 Å². The Morgan fingerprint density at radius 2 is 1.84 bits per heavy atom. The summed E-state index contributed by atoms with van der Waals surface area (Å²) in [5, 5.41) is 18.2. The average Bonchev–Trinajstić information content (AvgIpc) is 2.99. The molecule has 0 aliphatic carbocycles. The Labute approximate surface area is 181 Å². The largest absolute Gasteiger partial charge is 0.354 e. The zero-order chi connectivity index (χ0) is 21.2. The molecular weight excluding hydrogens is 386 g/mol. The summed E-state index contributed by atoms with van der Waals surface area (Å²) in [6.45, 7) is 3.81. The van der Waals surface area contributed by atoms with E-state index < -0.39 is 0 Å². The van der Waals surface area contributed by atoms with Crippen molar-refractivity contribution in [2.75, 3.05) is 31.1 Å². The van der Waals surface area contributed by atoms with Gasteiger partial charge < -0.3 is 10.2 Å². The van der Waals surface area contributed by atoms with Crippen LogP contribution in [0.15, 0.2) is 54.9 Å². The van der Waals surface area contributed by atoms with Crippen LogP contribution in [-0.2, 0) is 7.05 Å². The number of nitriles is 1. The highest BCUT2D eigenvalue weighted by Gasteiger charge is 2.17. The first-order valence-electron chi connectivity index (χ1n) is 10.5. The molecule has 1 aliphatic rings. The quantitative estimate of drug-likeness (QED) is 0.559. The van der Waals surface area contributed by atoms with Crippen molar-refractivity contribution < 1.29 is 0 Å². The Hall–Kier alpha value is -3.76. The number of anilines is 1. The summed E-state index contributed by atoms with van der Waals surface area (Å²) in [6.07, 6.45) is 4.95. The molecule has 1 fully saturated rings. The first kappa shape index (κ1) is 19.2. The van der Waals surface area contributed by atoms with Gasteiger partial charge >= 0.3 is 0 Å². The molecular formula is C24H23N7. The molecule has 1 N–H and O–H groups in total. The number of nitrogens with one attached hydrogen (secondary N) is 1. The van der Waals surface area contributed by atoms with E-state index in [1.54, 1.807) is 0 Å². The van der Waals surface area contributed by atoms with E-state index in [4.69, 9.17) is 9.97 Å². The van der Waals surface area contributed by atoms with Crippen LogP contribution >= 0.6 is 0 Å². The van der Waals surface area contributed by atoms with Crippen LogP contribution in [0.4, 0.5) is 5.82 Å². The summed E-state index contributed by atoms with van der Waals surface area (Å²) in [5.41, 5.74) is 5.10. The first-order chi connectivity index (χ1) is 15.2. The van der Waals surface area contributed by atoms with Crippen LogP contribution in [0.2, 0.25) is 0 Å². The number of rotatable bonds is 3. The van der Waals surface area contributed by atoms with Gasteiger partial charge in [0.25, 0.3) is 0 Å². The molecule has 0 atom stereocenters. The van der Waals surface area contributed by atoms with Gasteiger partial charge in [0.1, 0.15) is 5.82 Å². The summed E-state index contributed by atoms with van der Waals surface area (Å²) in [6, 6.07) is 15.9. The normalized spacial score (nSPS) is 14.4. The molecule has 3 heterocycles. The van der Waals surface area contributed by atoms with Crippen LogP contribution in [0.3, 0.4) is 0 Å². The van der Waals surface area contributed by atoms with Gasteiger partial charge in [0, 0.05) is 49.4 Å². The van der Waals surface area contributed by atoms with Crippen molar-refractivity contribution in [3.05, 3.63) is 60.4 Å². The molecule has 5 rings (SSSR count). The number of aromatic nitrogens is 4. The Bertz CT molecular complexity index is 1260. The van der Waals surface area contributed by atoms with Gasteiger partial charge in [-0.3, -0.25) is 9.67 Å². The van der Waals surface area contributed by atoms with Gasteiger partial charge in [0.2, 0.25) is 0 Å². The van der Waals surface area contributed by atoms with E-state index in [1.807, 2.05) is 48.4 Å². The lowest BCUT2D eigenvalue weighted by Gasteiger charge is -2.22. The van der Waals surface area contributed by atoms with Crippen molar-refractivity contribution in [1.82, 2.24) is 25.1 Å². The second-order valence-corrected chi connectivity index (χ2v) is 7.78. The second-order valence-electron chi connectivity index (χ2n) is 7.78. The van der Waals surface area contributed by atoms with E-state index in [0.29, 0.717) is 5.56 Å². The van der Waals surface area contributed by atoms with Crippen molar-refractivity contribution in [2.24, 2.45) is 7.05 Å². The molecule has 1 aliphatic heterocycles. The number of hydrogen-bond acceptors (Lipinski definition) is 6. The fourth-order valence-corrected chi connectivity index (χ4v) is 4.01. The van der Waals surface area contributed by atoms with E-state index in [0.717, 1.165) is 71.8 Å². The Morgan fingerprint density at radius 3 is 2.68 bits per heavy atom. The maximum atomic E-state index is 9.18. The van der Waals surface area contributed by atoms with E-state index in [9.17, 15) is 5.26 Å². The SMILES string of the molecule is Cn1cc2ccc(-c3ncc(N4CCCNCC4)nc3-c3ccc(C#N)cc3)cc2n1. The lowest BCUT2D eigenvalue weighted by Crippen LogP contribution is -2.28. The third kappa shape index (κ3) is 3.86. The van der Waals surface area contributed by atoms with Crippen LogP contribution in [0.25, 0.3) is 33.4 Å². The minimum Gasteiger partial charge on any atom is -0.354 e. The van der Waals surface area contributed by atoms with Crippen LogP contribution < -0.4 is 10.2 Å². The number of aryl methyl sites for hydroxylation is 1. The summed E-state index contributed by atoms with van der Waals surface area (Å²) in [5.74, 6) is 0.880. The maximum absolute atomic E-state index is 9.18. The summed E-state index contributed by atoms with van der Waals surface area (Å²) in [4.78, 5) is 12.2. The monoisotopic (exact) mass is 409 g/mol. The molecule has 4 aromatic rings. The van der Waals surface area contributed by atoms with Gasteiger partial charge in [-0.25, -0.2) is 4.98 Å². The lowest BCUT2D eigenvalue weighted by atomic mass is 10.0. The van der Waals surface area contributed by atoms with E-state index in [-0.39, 0.29) is 0 Å². The molecule has 2 aromatic heterocycles. The number of nitrogens with zero attached hydrogens (tertiary/aromatic N) is 6. The molecule has 154 valence electrons. The summed E-state index contributed by atoms with van der Waals surface area (Å²) in [7, 11) is 1.92. The topological polar surface area (TPSA) is 82.7 Å². The van der Waals surface area contributed by atoms with Crippen molar-refractivity contribution >= 4 is 16.7 Å². The maximum Gasteiger partial charge on any atom is 0.147 e. The standard InChI is InChI=1S/C24H23N7/c1-30-16-20-8-7-19(13-21(20)29-30)23-24(18-5-3-17(14-25)4-6-18)28-22(15-27-23)31-11-2-9-26-10-12-31/h3-8,13,15-16,26H,2,9-12H2,1H3. The number of benzene rings is 2. The van der Waals surface area contributed by atoms with Crippen molar-refractivity contribution in [2.45, 2.75) is 6.42 Å². The van der Waals surface area contributed by atoms with Gasteiger partial charge in [-0.05, 0) is 31.2 Å². The lowest BCUT2D eigenvalue weighted by molar-refractivity contribution is 0.724. The zero-order valence-corrected chi connectivity index (χ0v) is 17.4. The van der Waals surface area contributed by atoms with Crippen LogP contribution in [0.1, 0.15) is 12.0 Å². The predicted molar refractivity (Wildman–Crippen MR) is 122 cm³/mol. The van der Waals surface area contributed by atoms with Gasteiger partial charge in [-0.1, -0.05) is 24.3 Å². The molecule has 1 saturated heterocycles. The third-order valence-corrected chi connectivity index (χ3v) is 5.61. The molecule has 0 saturated carbocycles. The smallest absolute Gasteiger partial charge is 0.147 e. The van der Waals surface area contributed by atoms with Gasteiger partial charge in [0.15, 0.2) is 0 Å². The molecule has 0 radical (unpaired) electrons. The van der Waals surface area contributed by atoms with E-state index in [2.05, 4.69) is 39.6 Å². The summed E-state index contributed by atoms with van der Waals surface area (Å²) < 4.78 is 1.82. The van der Waals surface area contributed by atoms with Crippen molar-refractivity contribution in [3.63, 3.8) is 0 Å². The Morgan fingerprint density at radius 1 is 1.00 bits per heavy atom. The minimum atomic E-state index is 0.628. The minimum absolute atomic E-state index is 0.628. The molecule has 7 heteroatoms. The first-order valence-corrected chi connectivity index (χ1v) is 10.5. The molecule has 0 amide bonds. The highest BCUT2D eigenvalue weighted by Crippen LogP contribution is 2.32. The van der Waals surface area contributed by atoms with Gasteiger partial charge in [-0.15, -0.1) is 0 Å². The second kappa shape index (κ2) is 8.17. The Kier molecular flexibility index (Phi) is 5.06. The van der Waals surface area contributed by atoms with Crippen LogP contribution in [-0.4, -0.2) is 45.9 Å². The molecule has 0 bridgehead atoms. The van der Waals surface area contributed by atoms with Crippen molar-refractivity contribution in [1.29, 1.82) is 5.26 Å². The van der Waals surface area contributed by atoms with Crippen LogP contribution in [0, 0.1) is 11.3 Å². The fourth-order valence-electron chi connectivity index (χ4n) is 4.01. The Balaban J connectivity index is 1.63. The number of hydrogen-bond donors (Lipinski definition) is 1. The third-order valence-electron chi connectivity index (χ3n) is 5.61. The predicted octanol–water partition coefficient (Wildman–Crippen LogP) is 3.37. The molecule has 0 spiro atoms. The van der Waals surface area contributed by atoms with E-state index in [1.165, 1.54) is 0 Å². The highest BCUT2D eigenvalue weighted by atomic mass is 15.2. The van der Waals surface area contributed by atoms with Crippen LogP contribution in [0.5, 0.6) is 0 Å². The molecule has 31 heavy (non-hydrogen) atoms. The molecule has 0 unspecified atom stereocenters. The average molecular weight is 409 g/mol. The van der Waals surface area contributed by atoms with Gasteiger partial charge in [-0.2, -0.15) is 10.4 Å². The highest BCUT2D eigenvalue weighted by molar-refractivity contribution is 5.87. The van der Waals surface area contributed by atoms with E-state index >= 15 is 0 Å². The fraction of sp³-hybridized carbons (Fsp3) is 0.250.